The summed E-state index contributed by atoms with van der Waals surface area (Å²) in [5.74, 6) is 0.922. The van der Waals surface area contributed by atoms with E-state index in [9.17, 15) is 0 Å². The minimum absolute atomic E-state index is 0.449. The summed E-state index contributed by atoms with van der Waals surface area (Å²) in [7, 11) is 3.48. The van der Waals surface area contributed by atoms with Gasteiger partial charge in [-0.2, -0.15) is 0 Å². The summed E-state index contributed by atoms with van der Waals surface area (Å²) >= 11 is 3.48. The number of hydrogen-bond donors (Lipinski definition) is 1. The molecule has 0 aromatic heterocycles. The third-order valence-corrected chi connectivity index (χ3v) is 3.79. The van der Waals surface area contributed by atoms with Crippen LogP contribution in [-0.4, -0.2) is 40.5 Å². The third kappa shape index (κ3) is 6.04. The Bertz CT molecular complexity index is 343. The number of hydrogen-bond acceptors (Lipinski definition) is 3. The van der Waals surface area contributed by atoms with Crippen LogP contribution in [0.5, 0.6) is 0 Å². The maximum absolute atomic E-state index is 5.30. The van der Waals surface area contributed by atoms with Gasteiger partial charge >= 0.3 is 0 Å². The van der Waals surface area contributed by atoms with Gasteiger partial charge in [0.05, 0.1) is 6.61 Å². The predicted molar refractivity (Wildman–Crippen MR) is 82.7 cm³/mol. The van der Waals surface area contributed by atoms with Crippen LogP contribution in [-0.2, 0) is 9.47 Å². The average molecular weight is 330 g/mol. The van der Waals surface area contributed by atoms with Crippen molar-refractivity contribution in [1.82, 2.24) is 5.32 Å². The number of benzene rings is 1. The van der Waals surface area contributed by atoms with Crippen LogP contribution in [0.1, 0.15) is 18.4 Å². The summed E-state index contributed by atoms with van der Waals surface area (Å²) in [6.07, 6.45) is 0. The average Bonchev–Trinajstić information content (AvgIpc) is 2.40. The molecule has 0 radical (unpaired) electrons. The molecule has 19 heavy (non-hydrogen) atoms. The maximum atomic E-state index is 5.30. The van der Waals surface area contributed by atoms with Crippen LogP contribution in [0, 0.1) is 5.92 Å². The molecule has 0 bridgehead atoms. The van der Waals surface area contributed by atoms with Crippen molar-refractivity contribution in [2.24, 2.45) is 5.92 Å². The highest BCUT2D eigenvalue weighted by Crippen LogP contribution is 2.25. The van der Waals surface area contributed by atoms with Crippen LogP contribution in [0.3, 0.4) is 0 Å². The standard InChI is InChI=1S/C15H24BrNO2/c1-12(11-19-3)15(10-17-8-9-18-2)13-4-6-14(16)7-5-13/h4-7,12,15,17H,8-11H2,1-3H3. The number of ether oxygens (including phenoxy) is 2. The van der Waals surface area contributed by atoms with Gasteiger partial charge in [-0.15, -0.1) is 0 Å². The molecule has 0 saturated heterocycles. The normalized spacial score (nSPS) is 14.3. The molecule has 0 aliphatic carbocycles. The van der Waals surface area contributed by atoms with E-state index in [-0.39, 0.29) is 0 Å². The van der Waals surface area contributed by atoms with E-state index in [4.69, 9.17) is 9.47 Å². The van der Waals surface area contributed by atoms with Gasteiger partial charge in [0, 0.05) is 44.3 Å². The summed E-state index contributed by atoms with van der Waals surface area (Å²) in [5, 5.41) is 3.45. The summed E-state index contributed by atoms with van der Waals surface area (Å²) < 4.78 is 11.5. The van der Waals surface area contributed by atoms with Crippen molar-refractivity contribution in [3.8, 4) is 0 Å². The monoisotopic (exact) mass is 329 g/mol. The van der Waals surface area contributed by atoms with E-state index in [1.54, 1.807) is 14.2 Å². The highest BCUT2D eigenvalue weighted by atomic mass is 79.9. The van der Waals surface area contributed by atoms with Gasteiger partial charge in [-0.25, -0.2) is 0 Å². The lowest BCUT2D eigenvalue weighted by atomic mass is 9.87. The van der Waals surface area contributed by atoms with Crippen molar-refractivity contribution < 1.29 is 9.47 Å². The molecule has 1 aromatic carbocycles. The van der Waals surface area contributed by atoms with Crippen LogP contribution in [0.25, 0.3) is 0 Å². The fourth-order valence-corrected chi connectivity index (χ4v) is 2.43. The molecule has 1 rings (SSSR count). The first-order chi connectivity index (χ1) is 9.19. The van der Waals surface area contributed by atoms with Crippen molar-refractivity contribution >= 4 is 15.9 Å². The number of nitrogens with one attached hydrogen (secondary N) is 1. The van der Waals surface area contributed by atoms with E-state index in [1.165, 1.54) is 5.56 Å². The first kappa shape index (κ1) is 16.6. The van der Waals surface area contributed by atoms with E-state index in [1.807, 2.05) is 0 Å². The van der Waals surface area contributed by atoms with Crippen molar-refractivity contribution in [2.75, 3.05) is 40.5 Å². The third-order valence-electron chi connectivity index (χ3n) is 3.26. The van der Waals surface area contributed by atoms with Gasteiger partial charge in [-0.1, -0.05) is 35.0 Å². The Morgan fingerprint density at radius 3 is 2.42 bits per heavy atom. The molecular formula is C15H24BrNO2. The van der Waals surface area contributed by atoms with E-state index in [0.717, 1.165) is 30.8 Å². The molecule has 1 N–H and O–H groups in total. The van der Waals surface area contributed by atoms with E-state index in [0.29, 0.717) is 11.8 Å². The Hall–Kier alpha value is -0.420. The number of halogens is 1. The van der Waals surface area contributed by atoms with Crippen LogP contribution in [0.2, 0.25) is 0 Å². The maximum Gasteiger partial charge on any atom is 0.0587 e. The Kier molecular flexibility index (Phi) is 8.30. The van der Waals surface area contributed by atoms with Crippen LogP contribution < -0.4 is 5.32 Å². The Balaban J connectivity index is 2.65. The smallest absolute Gasteiger partial charge is 0.0587 e. The molecule has 0 aliphatic rings. The predicted octanol–water partition coefficient (Wildman–Crippen LogP) is 3.05. The lowest BCUT2D eigenvalue weighted by Crippen LogP contribution is -2.29. The fourth-order valence-electron chi connectivity index (χ4n) is 2.17. The van der Waals surface area contributed by atoms with E-state index < -0.39 is 0 Å². The minimum Gasteiger partial charge on any atom is -0.384 e. The lowest BCUT2D eigenvalue weighted by molar-refractivity contribution is 0.144. The van der Waals surface area contributed by atoms with Gasteiger partial charge in [0.25, 0.3) is 0 Å². The zero-order chi connectivity index (χ0) is 14.1. The zero-order valence-corrected chi connectivity index (χ0v) is 13.6. The van der Waals surface area contributed by atoms with Gasteiger partial charge in [-0.3, -0.25) is 0 Å². The molecule has 0 amide bonds. The quantitative estimate of drug-likeness (QED) is 0.706. The molecule has 108 valence electrons. The summed E-state index contributed by atoms with van der Waals surface area (Å²) in [4.78, 5) is 0. The van der Waals surface area contributed by atoms with Gasteiger partial charge < -0.3 is 14.8 Å². The second kappa shape index (κ2) is 9.48. The van der Waals surface area contributed by atoms with Gasteiger partial charge in [0.15, 0.2) is 0 Å². The fraction of sp³-hybridized carbons (Fsp3) is 0.600. The molecule has 0 heterocycles. The summed E-state index contributed by atoms with van der Waals surface area (Å²) in [6, 6.07) is 8.55. The van der Waals surface area contributed by atoms with Crippen molar-refractivity contribution in [2.45, 2.75) is 12.8 Å². The molecule has 0 spiro atoms. The largest absolute Gasteiger partial charge is 0.384 e. The molecule has 0 aliphatic heterocycles. The zero-order valence-electron chi connectivity index (χ0n) is 12.0. The highest BCUT2D eigenvalue weighted by Gasteiger charge is 2.18. The molecule has 2 unspecified atom stereocenters. The van der Waals surface area contributed by atoms with Crippen molar-refractivity contribution in [3.05, 3.63) is 34.3 Å². The molecule has 2 atom stereocenters. The molecular weight excluding hydrogens is 306 g/mol. The van der Waals surface area contributed by atoms with Crippen LogP contribution >= 0.6 is 15.9 Å². The lowest BCUT2D eigenvalue weighted by Gasteiger charge is -2.24. The van der Waals surface area contributed by atoms with Crippen LogP contribution in [0.15, 0.2) is 28.7 Å². The van der Waals surface area contributed by atoms with Crippen molar-refractivity contribution in [3.63, 3.8) is 0 Å². The molecule has 3 nitrogen and oxygen atoms in total. The first-order valence-electron chi connectivity index (χ1n) is 6.63. The second-order valence-corrected chi connectivity index (χ2v) is 5.70. The van der Waals surface area contributed by atoms with Gasteiger partial charge in [-0.05, 0) is 23.6 Å². The van der Waals surface area contributed by atoms with Gasteiger partial charge in [0.2, 0.25) is 0 Å². The Labute approximate surface area is 124 Å². The molecule has 0 saturated carbocycles. The molecule has 4 heteroatoms. The topological polar surface area (TPSA) is 30.5 Å². The summed E-state index contributed by atoms with van der Waals surface area (Å²) in [6.45, 7) is 5.56. The number of methoxy groups -OCH3 is 2. The minimum atomic E-state index is 0.449. The first-order valence-corrected chi connectivity index (χ1v) is 7.42. The van der Waals surface area contributed by atoms with E-state index >= 15 is 0 Å². The van der Waals surface area contributed by atoms with Gasteiger partial charge in [0.1, 0.15) is 0 Å². The molecule has 1 aromatic rings. The van der Waals surface area contributed by atoms with Crippen LogP contribution in [0.4, 0.5) is 0 Å². The SMILES string of the molecule is COCCNCC(c1ccc(Br)cc1)C(C)COC. The Morgan fingerprint density at radius 1 is 1.16 bits per heavy atom. The van der Waals surface area contributed by atoms with E-state index in [2.05, 4.69) is 52.4 Å². The summed E-state index contributed by atoms with van der Waals surface area (Å²) in [5.41, 5.74) is 1.35. The molecule has 0 fully saturated rings. The number of rotatable bonds is 9. The van der Waals surface area contributed by atoms with Crippen molar-refractivity contribution in [1.29, 1.82) is 0 Å². The Morgan fingerprint density at radius 2 is 1.84 bits per heavy atom. The highest BCUT2D eigenvalue weighted by molar-refractivity contribution is 9.10. The second-order valence-electron chi connectivity index (χ2n) is 4.79.